The van der Waals surface area contributed by atoms with Gasteiger partial charge in [-0.3, -0.25) is 4.79 Å². The predicted molar refractivity (Wildman–Crippen MR) is 157 cm³/mol. The molecule has 6 rings (SSSR count). The lowest BCUT2D eigenvalue weighted by Crippen LogP contribution is -2.61. The van der Waals surface area contributed by atoms with Crippen LogP contribution in [0.4, 0.5) is 0 Å². The molecule has 0 spiro atoms. The first-order chi connectivity index (χ1) is 23.0. The monoisotopic (exact) mass is 680 g/mol. The van der Waals surface area contributed by atoms with Gasteiger partial charge in [0.05, 0.1) is 37.6 Å². The maximum absolute atomic E-state index is 13.0. The van der Waals surface area contributed by atoms with Crippen LogP contribution in [0.2, 0.25) is 0 Å². The normalized spacial score (nSPS) is 44.8. The Balaban J connectivity index is 1.23. The molecule has 3 saturated heterocycles. The number of fused-ring (bicyclic) bond motifs is 3. The first kappa shape index (κ1) is 34.8. The van der Waals surface area contributed by atoms with Gasteiger partial charge in [0.1, 0.15) is 42.2 Å². The van der Waals surface area contributed by atoms with E-state index in [1.165, 1.54) is 25.3 Å². The third-order valence-electron chi connectivity index (χ3n) is 9.41. The summed E-state index contributed by atoms with van der Waals surface area (Å²) in [6.45, 7) is 1.52. The Labute approximate surface area is 275 Å². The largest absolute Gasteiger partial charge is 0.472 e. The van der Waals surface area contributed by atoms with Crippen LogP contribution in [0.3, 0.4) is 0 Å². The van der Waals surface area contributed by atoms with Crippen LogP contribution in [0.1, 0.15) is 19.4 Å². The van der Waals surface area contributed by atoms with E-state index in [-0.39, 0.29) is 0 Å². The van der Waals surface area contributed by atoms with Crippen molar-refractivity contribution in [3.63, 3.8) is 0 Å². The van der Waals surface area contributed by atoms with Gasteiger partial charge in [-0.25, -0.2) is 4.79 Å². The van der Waals surface area contributed by atoms with Gasteiger partial charge in [0.2, 0.25) is 6.29 Å². The van der Waals surface area contributed by atoms with Gasteiger partial charge in [-0.05, 0) is 24.6 Å². The summed E-state index contributed by atoms with van der Waals surface area (Å²) in [5.74, 6) is -2.93. The molecule has 1 aliphatic carbocycles. The summed E-state index contributed by atoms with van der Waals surface area (Å²) in [6.07, 6.45) is -11.4. The minimum absolute atomic E-state index is 0.496. The smallest absolute Gasteiger partial charge is 0.331 e. The van der Waals surface area contributed by atoms with Gasteiger partial charge in [0.15, 0.2) is 24.8 Å². The number of carbonyl (C=O) groups is 2. The molecule has 1 aromatic rings. The number of benzene rings is 1. The summed E-state index contributed by atoms with van der Waals surface area (Å²) in [5, 5.41) is 62.0. The van der Waals surface area contributed by atoms with Gasteiger partial charge in [-0.1, -0.05) is 30.3 Å². The lowest BCUT2D eigenvalue weighted by molar-refractivity contribution is -0.347. The molecule has 1 saturated carbocycles. The molecular weight excluding hydrogens is 640 g/mol. The molecule has 1 unspecified atom stereocenters. The number of esters is 2. The lowest BCUT2D eigenvalue weighted by atomic mass is 9.85. The zero-order chi connectivity index (χ0) is 34.3. The van der Waals surface area contributed by atoms with Crippen LogP contribution in [-0.4, -0.2) is 141 Å². The number of hydrogen-bond donors (Lipinski definition) is 6. The summed E-state index contributed by atoms with van der Waals surface area (Å²) in [7, 11) is 0. The molecule has 6 N–H and O–H groups in total. The van der Waals surface area contributed by atoms with Crippen LogP contribution in [0.25, 0.3) is 6.08 Å². The predicted octanol–water partition coefficient (Wildman–Crippen LogP) is -1.90. The average molecular weight is 681 g/mol. The van der Waals surface area contributed by atoms with Crippen LogP contribution >= 0.6 is 0 Å². The summed E-state index contributed by atoms with van der Waals surface area (Å²) >= 11 is 0. The maximum atomic E-state index is 13.0. The molecule has 264 valence electrons. The van der Waals surface area contributed by atoms with Gasteiger partial charge in [-0.15, -0.1) is 0 Å². The fraction of sp³-hybridized carbons (Fsp3) is 0.625. The fourth-order valence-corrected chi connectivity index (χ4v) is 6.91. The van der Waals surface area contributed by atoms with Gasteiger partial charge >= 0.3 is 11.9 Å². The number of carbonyl (C=O) groups excluding carboxylic acids is 2. The Morgan fingerprint density at radius 1 is 0.875 bits per heavy atom. The molecule has 4 fully saturated rings. The van der Waals surface area contributed by atoms with E-state index in [0.29, 0.717) is 0 Å². The van der Waals surface area contributed by atoms with Crippen LogP contribution < -0.4 is 0 Å². The minimum atomic E-state index is -1.71. The summed E-state index contributed by atoms with van der Waals surface area (Å²) < 4.78 is 46.6. The second kappa shape index (κ2) is 14.1. The van der Waals surface area contributed by atoms with E-state index in [4.69, 9.17) is 37.9 Å². The Morgan fingerprint density at radius 2 is 1.62 bits per heavy atom. The van der Waals surface area contributed by atoms with Crippen molar-refractivity contribution in [2.75, 3.05) is 13.2 Å². The first-order valence-corrected chi connectivity index (χ1v) is 15.7. The van der Waals surface area contributed by atoms with Crippen molar-refractivity contribution in [1.29, 1.82) is 0 Å². The molecule has 4 heterocycles. The number of aliphatic hydroxyl groups excluding tert-OH is 6. The lowest BCUT2D eigenvalue weighted by Gasteiger charge is -2.44. The van der Waals surface area contributed by atoms with E-state index >= 15 is 0 Å². The topological polar surface area (TPSA) is 233 Å². The molecule has 16 atom stereocenters. The standard InChI is InChI=1S/C32H40O16/c1-14-21(37)26(43-15(2)35)27(45-19(36)9-8-16-6-4-3-5-7-16)31(42-14)46-25-17-10-11-41-29(20(17)32(13-34)28(25)48-32)47-30-24(40)23(39)22(38)18(12-33)44-30/h3-11,14,17-18,20-31,33-34,37-40H,12-13H2,1-2H3/b9-8+/t14-,17-,18+,20+,21-,22+,23-,24+,25-,26+,27+,28-,29-,30-,31?,32+/m0/s1. The van der Waals surface area contributed by atoms with Gasteiger partial charge in [0.25, 0.3) is 0 Å². The van der Waals surface area contributed by atoms with Crippen LogP contribution in [0.5, 0.6) is 0 Å². The molecule has 1 aromatic carbocycles. The highest BCUT2D eigenvalue weighted by Crippen LogP contribution is 2.61. The Kier molecular flexibility index (Phi) is 10.2. The van der Waals surface area contributed by atoms with Crippen LogP contribution in [-0.2, 0) is 47.5 Å². The molecule has 0 radical (unpaired) electrons. The molecule has 5 aliphatic rings. The number of hydrogen-bond acceptors (Lipinski definition) is 16. The Hall–Kier alpha value is -3.00. The van der Waals surface area contributed by atoms with E-state index in [9.17, 15) is 40.2 Å². The quantitative estimate of drug-likeness (QED) is 0.0900. The molecule has 16 heteroatoms. The highest BCUT2D eigenvalue weighted by Gasteiger charge is 2.77. The number of rotatable bonds is 10. The average Bonchev–Trinajstić information content (AvgIpc) is 3.75. The summed E-state index contributed by atoms with van der Waals surface area (Å²) in [6, 6.07) is 8.97. The van der Waals surface area contributed by atoms with E-state index in [1.54, 1.807) is 30.3 Å². The SMILES string of the molecule is CC(=O)O[C@@H]1[C@@H](O)[C@H](C)OC(O[C@H]2[C@H]3C=CO[C@@H](O[C@@H]4O[C@H](CO)[C@@H](O)[C@H](O)[C@H]4O)[C@@H]3[C@@]3(CO)O[C@@H]23)[C@@H]1OC(=O)/C=C/c1ccccc1. The zero-order valence-corrected chi connectivity index (χ0v) is 26.0. The summed E-state index contributed by atoms with van der Waals surface area (Å²) in [5.41, 5.74) is -0.527. The van der Waals surface area contributed by atoms with E-state index in [2.05, 4.69) is 0 Å². The number of epoxide rings is 1. The Bertz CT molecular complexity index is 1350. The zero-order valence-electron chi connectivity index (χ0n) is 26.0. The molecule has 0 bridgehead atoms. The third kappa shape index (κ3) is 6.50. The van der Waals surface area contributed by atoms with Crippen molar-refractivity contribution in [3.05, 3.63) is 54.3 Å². The van der Waals surface area contributed by atoms with Gasteiger partial charge in [-0.2, -0.15) is 0 Å². The maximum Gasteiger partial charge on any atom is 0.331 e. The van der Waals surface area contributed by atoms with E-state index in [0.717, 1.165) is 12.5 Å². The van der Waals surface area contributed by atoms with Gasteiger partial charge in [0, 0.05) is 18.9 Å². The van der Waals surface area contributed by atoms with Crippen molar-refractivity contribution < 1.29 is 78.1 Å². The highest BCUT2D eigenvalue weighted by atomic mass is 16.8. The van der Waals surface area contributed by atoms with Gasteiger partial charge < -0.3 is 68.5 Å². The van der Waals surface area contributed by atoms with Crippen LogP contribution in [0.15, 0.2) is 48.7 Å². The second-order valence-corrected chi connectivity index (χ2v) is 12.4. The van der Waals surface area contributed by atoms with Crippen molar-refractivity contribution >= 4 is 18.0 Å². The van der Waals surface area contributed by atoms with E-state index < -0.39 is 122 Å². The number of aliphatic hydroxyl groups is 6. The van der Waals surface area contributed by atoms with Crippen molar-refractivity contribution in [2.24, 2.45) is 11.8 Å². The molecule has 48 heavy (non-hydrogen) atoms. The summed E-state index contributed by atoms with van der Waals surface area (Å²) in [4.78, 5) is 25.1. The third-order valence-corrected chi connectivity index (χ3v) is 9.41. The molecular formula is C32H40O16. The Morgan fingerprint density at radius 3 is 2.31 bits per heavy atom. The molecule has 4 aliphatic heterocycles. The minimum Gasteiger partial charge on any atom is -0.472 e. The van der Waals surface area contributed by atoms with E-state index in [1.807, 2.05) is 6.07 Å². The number of ether oxygens (including phenoxy) is 8. The molecule has 0 aromatic heterocycles. The highest BCUT2D eigenvalue weighted by molar-refractivity contribution is 5.87. The van der Waals surface area contributed by atoms with Crippen molar-refractivity contribution in [3.8, 4) is 0 Å². The molecule has 0 amide bonds. The second-order valence-electron chi connectivity index (χ2n) is 12.4. The van der Waals surface area contributed by atoms with Crippen molar-refractivity contribution in [2.45, 2.75) is 99.4 Å². The first-order valence-electron chi connectivity index (χ1n) is 15.7. The molecule has 16 nitrogen and oxygen atoms in total. The van der Waals surface area contributed by atoms with Crippen LogP contribution in [0, 0.1) is 11.8 Å². The van der Waals surface area contributed by atoms with Crippen molar-refractivity contribution in [1.82, 2.24) is 0 Å². The fourth-order valence-electron chi connectivity index (χ4n) is 6.91.